The molecule has 0 aliphatic carbocycles. The van der Waals surface area contributed by atoms with Gasteiger partial charge in [-0.15, -0.1) is 0 Å². The lowest BCUT2D eigenvalue weighted by molar-refractivity contribution is -0.0673. The molecule has 4 nitrogen and oxygen atoms in total. The Balaban J connectivity index is 2.77. The van der Waals surface area contributed by atoms with Crippen molar-refractivity contribution in [1.82, 2.24) is 0 Å². The molecule has 3 atom stereocenters. The topological polar surface area (TPSA) is 51.5 Å². The fraction of sp³-hybridized carbons (Fsp3) is 0.800. The number of rotatable bonds is 4. The molecule has 0 radical (unpaired) electrons. The number of alkyl halides is 3. The van der Waals surface area contributed by atoms with Crippen molar-refractivity contribution in [3.05, 3.63) is 12.2 Å². The first-order valence-corrected chi connectivity index (χ1v) is 11.6. The monoisotopic (exact) mass is 401 g/mol. The van der Waals surface area contributed by atoms with E-state index in [1.165, 1.54) is 0 Å². The summed E-state index contributed by atoms with van der Waals surface area (Å²) in [6, 6.07) is 0. The minimum Gasteiger partial charge on any atom is -0.468 e. The maximum atomic E-state index is 7.73. The molecule has 0 aromatic carbocycles. The summed E-state index contributed by atoms with van der Waals surface area (Å²) < 4.78 is 15.7. The molecule has 1 rings (SSSR count). The molecule has 0 spiro atoms. The average Bonchev–Trinajstić information content (AvgIpc) is 2.36. The summed E-state index contributed by atoms with van der Waals surface area (Å²) in [4.78, 5) is 0. The summed E-state index contributed by atoms with van der Waals surface area (Å²) >= 11 is 17.0. The Bertz CT molecular complexity index is 458. The van der Waals surface area contributed by atoms with E-state index in [1.54, 1.807) is 0 Å². The van der Waals surface area contributed by atoms with Crippen LogP contribution in [0.2, 0.25) is 18.1 Å². The summed E-state index contributed by atoms with van der Waals surface area (Å²) in [7, 11) is -1.91. The fourth-order valence-corrected chi connectivity index (χ4v) is 2.90. The maximum Gasteiger partial charge on any atom is 0.265 e. The normalized spacial score (nSPS) is 26.2. The summed E-state index contributed by atoms with van der Waals surface area (Å²) in [6.07, 6.45) is 2.78. The molecule has 0 aromatic heterocycles. The first kappa shape index (κ1) is 21.3. The van der Waals surface area contributed by atoms with Crippen LogP contribution in [0.15, 0.2) is 12.2 Å². The van der Waals surface area contributed by atoms with Gasteiger partial charge in [0, 0.05) is 0 Å². The van der Waals surface area contributed by atoms with E-state index in [0.29, 0.717) is 6.61 Å². The molecule has 0 aromatic rings. The molecule has 1 N–H and O–H groups in total. The molecule has 0 unspecified atom stereocenters. The molecular formula is C15H26Cl3NO3Si. The Kier molecular flexibility index (Phi) is 7.05. The second-order valence-electron chi connectivity index (χ2n) is 7.25. The van der Waals surface area contributed by atoms with Gasteiger partial charge in [0.15, 0.2) is 8.32 Å². The highest BCUT2D eigenvalue weighted by Crippen LogP contribution is 2.37. The van der Waals surface area contributed by atoms with Crippen LogP contribution < -0.4 is 0 Å². The van der Waals surface area contributed by atoms with Gasteiger partial charge in [0.25, 0.3) is 3.79 Å². The standard InChI is InChI=1S/C15H26Cl3NO3Si/c1-10-7-8-11(22-13(19)15(16,17)18)12(21-10)9-20-23(5,6)14(2,3)4/h7-8,10-12,19H,9H2,1-6H3/t10-,11+,12-/m1/s1. The van der Waals surface area contributed by atoms with Crippen molar-refractivity contribution in [1.29, 1.82) is 5.41 Å². The minimum absolute atomic E-state index is 0.0511. The number of nitrogens with one attached hydrogen (secondary N) is 1. The third-order valence-electron chi connectivity index (χ3n) is 4.25. The van der Waals surface area contributed by atoms with Crippen LogP contribution in [0.25, 0.3) is 0 Å². The molecule has 134 valence electrons. The third kappa shape index (κ3) is 6.22. The van der Waals surface area contributed by atoms with Crippen LogP contribution in [0.1, 0.15) is 27.7 Å². The van der Waals surface area contributed by atoms with E-state index in [1.807, 2.05) is 19.1 Å². The minimum atomic E-state index is -1.91. The van der Waals surface area contributed by atoms with Crippen molar-refractivity contribution >= 4 is 49.0 Å². The lowest BCUT2D eigenvalue weighted by Gasteiger charge is -2.39. The van der Waals surface area contributed by atoms with Crippen LogP contribution in [-0.4, -0.2) is 42.9 Å². The molecule has 0 saturated carbocycles. The van der Waals surface area contributed by atoms with Crippen LogP contribution in [0.4, 0.5) is 0 Å². The average molecular weight is 403 g/mol. The fourth-order valence-electron chi connectivity index (χ4n) is 1.75. The molecule has 0 saturated heterocycles. The van der Waals surface area contributed by atoms with E-state index >= 15 is 0 Å². The Morgan fingerprint density at radius 3 is 2.26 bits per heavy atom. The van der Waals surface area contributed by atoms with Gasteiger partial charge >= 0.3 is 0 Å². The van der Waals surface area contributed by atoms with E-state index in [0.717, 1.165) is 0 Å². The molecule has 0 bridgehead atoms. The zero-order valence-corrected chi connectivity index (χ0v) is 17.7. The second kappa shape index (κ2) is 7.62. The van der Waals surface area contributed by atoms with E-state index in [9.17, 15) is 0 Å². The molecule has 8 heteroatoms. The summed E-state index contributed by atoms with van der Waals surface area (Å²) in [6.45, 7) is 13.2. The van der Waals surface area contributed by atoms with Crippen molar-refractivity contribution in [2.75, 3.05) is 6.61 Å². The van der Waals surface area contributed by atoms with Crippen molar-refractivity contribution < 1.29 is 13.9 Å². The zero-order valence-electron chi connectivity index (χ0n) is 14.5. The van der Waals surface area contributed by atoms with E-state index in [2.05, 4.69) is 33.9 Å². The van der Waals surface area contributed by atoms with Gasteiger partial charge in [0.2, 0.25) is 5.90 Å². The van der Waals surface area contributed by atoms with Crippen molar-refractivity contribution in [3.63, 3.8) is 0 Å². The van der Waals surface area contributed by atoms with Gasteiger partial charge in [-0.2, -0.15) is 0 Å². The van der Waals surface area contributed by atoms with Crippen molar-refractivity contribution in [2.45, 2.75) is 67.9 Å². The Labute approximate surface area is 155 Å². The number of hydrogen-bond acceptors (Lipinski definition) is 4. The largest absolute Gasteiger partial charge is 0.468 e. The van der Waals surface area contributed by atoms with Gasteiger partial charge in [0.1, 0.15) is 12.2 Å². The molecular weight excluding hydrogens is 377 g/mol. The number of ether oxygens (including phenoxy) is 2. The summed E-state index contributed by atoms with van der Waals surface area (Å²) in [5.41, 5.74) is 0. The summed E-state index contributed by atoms with van der Waals surface area (Å²) in [5, 5.41) is 7.83. The van der Waals surface area contributed by atoms with Crippen molar-refractivity contribution in [2.24, 2.45) is 0 Å². The molecule has 0 fully saturated rings. The summed E-state index contributed by atoms with van der Waals surface area (Å²) in [5.74, 6) is -0.423. The highest BCUT2D eigenvalue weighted by Gasteiger charge is 2.40. The van der Waals surface area contributed by atoms with E-state index in [-0.39, 0.29) is 17.2 Å². The van der Waals surface area contributed by atoms with Gasteiger partial charge < -0.3 is 13.9 Å². The zero-order chi connectivity index (χ0) is 18.1. The van der Waals surface area contributed by atoms with E-state index in [4.69, 9.17) is 54.1 Å². The molecule has 1 heterocycles. The van der Waals surface area contributed by atoms with Gasteiger partial charge in [0.05, 0.1) is 12.7 Å². The Hall–Kier alpha value is 0.217. The first-order valence-electron chi connectivity index (χ1n) is 7.54. The van der Waals surface area contributed by atoms with Crippen LogP contribution >= 0.6 is 34.8 Å². The quantitative estimate of drug-likeness (QED) is 0.234. The first-order chi connectivity index (χ1) is 10.2. The number of hydrogen-bond donors (Lipinski definition) is 1. The highest BCUT2D eigenvalue weighted by molar-refractivity contribution is 6.76. The highest BCUT2D eigenvalue weighted by atomic mass is 35.6. The predicted octanol–water partition coefficient (Wildman–Crippen LogP) is 5.08. The van der Waals surface area contributed by atoms with Crippen molar-refractivity contribution in [3.8, 4) is 0 Å². The lowest BCUT2D eigenvalue weighted by atomic mass is 10.1. The lowest BCUT2D eigenvalue weighted by Crippen LogP contribution is -2.47. The van der Waals surface area contributed by atoms with Gasteiger partial charge in [-0.25, -0.2) is 0 Å². The van der Waals surface area contributed by atoms with Crippen LogP contribution in [0, 0.1) is 5.41 Å². The Morgan fingerprint density at radius 1 is 1.22 bits per heavy atom. The van der Waals surface area contributed by atoms with E-state index < -0.39 is 24.1 Å². The predicted molar refractivity (Wildman–Crippen MR) is 99.5 cm³/mol. The van der Waals surface area contributed by atoms with Crippen LogP contribution in [0.3, 0.4) is 0 Å². The molecule has 0 amide bonds. The second-order valence-corrected chi connectivity index (χ2v) is 14.3. The SMILES string of the molecule is C[C@@H]1C=C[C@H](OC(=N)C(Cl)(Cl)Cl)[C@@H](CO[Si](C)(C)C(C)(C)C)O1. The Morgan fingerprint density at radius 2 is 1.78 bits per heavy atom. The molecule has 1 aliphatic rings. The van der Waals surface area contributed by atoms with Crippen LogP contribution in [-0.2, 0) is 13.9 Å². The third-order valence-corrected chi connectivity index (χ3v) is 9.27. The molecule has 1 aliphatic heterocycles. The van der Waals surface area contributed by atoms with Crippen LogP contribution in [0.5, 0.6) is 0 Å². The molecule has 23 heavy (non-hydrogen) atoms. The van der Waals surface area contributed by atoms with Gasteiger partial charge in [-0.3, -0.25) is 5.41 Å². The maximum absolute atomic E-state index is 7.73. The smallest absolute Gasteiger partial charge is 0.265 e. The van der Waals surface area contributed by atoms with Gasteiger partial charge in [-0.1, -0.05) is 61.7 Å². The van der Waals surface area contributed by atoms with Gasteiger partial charge in [-0.05, 0) is 31.1 Å². The number of halogens is 3.